The summed E-state index contributed by atoms with van der Waals surface area (Å²) in [5.74, 6) is 0. The van der Waals surface area contributed by atoms with Gasteiger partial charge in [0.05, 0.1) is 13.2 Å². The van der Waals surface area contributed by atoms with Gasteiger partial charge in [0.2, 0.25) is 0 Å². The Morgan fingerprint density at radius 1 is 1.31 bits per heavy atom. The molecule has 0 radical (unpaired) electrons. The van der Waals surface area contributed by atoms with E-state index in [-0.39, 0.29) is 0 Å². The van der Waals surface area contributed by atoms with E-state index in [1.54, 1.807) is 0 Å². The summed E-state index contributed by atoms with van der Waals surface area (Å²) in [7, 11) is 0. The minimum Gasteiger partial charge on any atom is -0.371 e. The Hall–Kier alpha value is -1.30. The van der Waals surface area contributed by atoms with E-state index < -0.39 is 0 Å². The van der Waals surface area contributed by atoms with Crippen LogP contribution in [0, 0.1) is 0 Å². The molecule has 1 aliphatic rings. The van der Waals surface area contributed by atoms with Gasteiger partial charge in [-0.25, -0.2) is 0 Å². The average Bonchev–Trinajstić information content (AvgIpc) is 2.19. The summed E-state index contributed by atoms with van der Waals surface area (Å²) in [5.41, 5.74) is 6.91. The fraction of sp³-hybridized carbons (Fsp3) is 0.250. The molecule has 0 amide bonds. The van der Waals surface area contributed by atoms with E-state index in [0.29, 0.717) is 6.61 Å². The molecule has 13 heavy (non-hydrogen) atoms. The van der Waals surface area contributed by atoms with Crippen LogP contribution in [0.3, 0.4) is 0 Å². The molecule has 1 heteroatoms. The first-order valence-corrected chi connectivity index (χ1v) is 4.48. The third-order valence-electron chi connectivity index (χ3n) is 2.17. The Morgan fingerprint density at radius 2 is 2.15 bits per heavy atom. The Kier molecular flexibility index (Phi) is 2.31. The summed E-state index contributed by atoms with van der Waals surface area (Å²) >= 11 is 0. The van der Waals surface area contributed by atoms with Gasteiger partial charge < -0.3 is 4.74 Å². The number of hydrogen-bond donors (Lipinski definition) is 0. The molecule has 66 valence electrons. The van der Waals surface area contributed by atoms with E-state index in [1.807, 2.05) is 19.1 Å². The zero-order valence-corrected chi connectivity index (χ0v) is 7.71. The molecule has 0 unspecified atom stereocenters. The van der Waals surface area contributed by atoms with Gasteiger partial charge in [-0.1, -0.05) is 24.3 Å². The SMILES string of the molecule is CC=C=C1COCc2ccccc21. The maximum Gasteiger partial charge on any atom is 0.0799 e. The van der Waals surface area contributed by atoms with Gasteiger partial charge in [-0.05, 0) is 24.1 Å². The molecule has 2 rings (SSSR count). The van der Waals surface area contributed by atoms with Crippen LogP contribution >= 0.6 is 0 Å². The predicted molar refractivity (Wildman–Crippen MR) is 53.3 cm³/mol. The van der Waals surface area contributed by atoms with Crippen LogP contribution in [0.4, 0.5) is 0 Å². The topological polar surface area (TPSA) is 9.23 Å². The highest BCUT2D eigenvalue weighted by Gasteiger charge is 2.12. The summed E-state index contributed by atoms with van der Waals surface area (Å²) in [6.07, 6.45) is 1.93. The van der Waals surface area contributed by atoms with Crippen LogP contribution < -0.4 is 0 Å². The molecule has 0 saturated heterocycles. The van der Waals surface area contributed by atoms with Crippen molar-refractivity contribution in [3.63, 3.8) is 0 Å². The van der Waals surface area contributed by atoms with E-state index >= 15 is 0 Å². The first kappa shape index (κ1) is 8.31. The molecule has 0 aliphatic carbocycles. The first-order chi connectivity index (χ1) is 6.42. The van der Waals surface area contributed by atoms with Crippen LogP contribution in [0.25, 0.3) is 5.57 Å². The Bertz CT molecular complexity index is 370. The molecule has 0 N–H and O–H groups in total. The second-order valence-electron chi connectivity index (χ2n) is 3.06. The minimum atomic E-state index is 0.682. The third-order valence-corrected chi connectivity index (χ3v) is 2.17. The average molecular weight is 172 g/mol. The molecule has 1 nitrogen and oxygen atoms in total. The molecule has 0 atom stereocenters. The van der Waals surface area contributed by atoms with Crippen molar-refractivity contribution in [1.29, 1.82) is 0 Å². The fourth-order valence-electron chi connectivity index (χ4n) is 1.58. The van der Waals surface area contributed by atoms with Gasteiger partial charge in [0.1, 0.15) is 0 Å². The van der Waals surface area contributed by atoms with Crippen molar-refractivity contribution >= 4 is 5.57 Å². The highest BCUT2D eigenvalue weighted by molar-refractivity contribution is 5.69. The zero-order chi connectivity index (χ0) is 9.10. The smallest absolute Gasteiger partial charge is 0.0799 e. The molecule has 0 saturated carbocycles. The van der Waals surface area contributed by atoms with Crippen molar-refractivity contribution in [3.05, 3.63) is 47.2 Å². The van der Waals surface area contributed by atoms with Gasteiger partial charge in [0, 0.05) is 5.57 Å². The molecule has 0 spiro atoms. The largest absolute Gasteiger partial charge is 0.371 e. The van der Waals surface area contributed by atoms with Crippen LogP contribution in [0.5, 0.6) is 0 Å². The van der Waals surface area contributed by atoms with E-state index in [4.69, 9.17) is 4.74 Å². The maximum atomic E-state index is 5.44. The molecule has 0 bridgehead atoms. The predicted octanol–water partition coefficient (Wildman–Crippen LogP) is 2.78. The molecule has 0 fully saturated rings. The molecule has 1 aromatic rings. The number of rotatable bonds is 0. The summed E-state index contributed by atoms with van der Waals surface area (Å²) in [6.45, 7) is 3.39. The monoisotopic (exact) mass is 172 g/mol. The van der Waals surface area contributed by atoms with Crippen LogP contribution in [-0.4, -0.2) is 6.61 Å². The summed E-state index contributed by atoms with van der Waals surface area (Å²) in [6, 6.07) is 8.33. The second-order valence-corrected chi connectivity index (χ2v) is 3.06. The highest BCUT2D eigenvalue weighted by Crippen LogP contribution is 2.24. The fourth-order valence-corrected chi connectivity index (χ4v) is 1.58. The van der Waals surface area contributed by atoms with E-state index in [0.717, 1.165) is 12.2 Å². The third kappa shape index (κ3) is 1.57. The standard InChI is InChI=1S/C12H12O/c1-2-5-10-8-13-9-11-6-3-4-7-12(10)11/h2-4,6-7H,8-9H2,1H3. The van der Waals surface area contributed by atoms with Gasteiger partial charge in [-0.2, -0.15) is 0 Å². The van der Waals surface area contributed by atoms with Crippen LogP contribution in [0.15, 0.2) is 36.1 Å². The molecule has 1 aromatic carbocycles. The van der Waals surface area contributed by atoms with Gasteiger partial charge in [0.15, 0.2) is 0 Å². The lowest BCUT2D eigenvalue weighted by molar-refractivity contribution is 0.146. The molecular formula is C12H12O. The highest BCUT2D eigenvalue weighted by atomic mass is 16.5. The quantitative estimate of drug-likeness (QED) is 0.547. The molecule has 1 aliphatic heterocycles. The summed E-state index contributed by atoms with van der Waals surface area (Å²) in [4.78, 5) is 0. The lowest BCUT2D eigenvalue weighted by atomic mass is 9.99. The normalized spacial score (nSPS) is 14.7. The van der Waals surface area contributed by atoms with Gasteiger partial charge in [-0.15, -0.1) is 5.73 Å². The molecule has 0 aromatic heterocycles. The second kappa shape index (κ2) is 3.61. The summed E-state index contributed by atoms with van der Waals surface area (Å²) in [5, 5.41) is 0. The van der Waals surface area contributed by atoms with Crippen molar-refractivity contribution in [2.24, 2.45) is 0 Å². The van der Waals surface area contributed by atoms with Crippen molar-refractivity contribution in [3.8, 4) is 0 Å². The van der Waals surface area contributed by atoms with Crippen LogP contribution in [0.2, 0.25) is 0 Å². The number of benzene rings is 1. The number of hydrogen-bond acceptors (Lipinski definition) is 1. The Morgan fingerprint density at radius 3 is 3.00 bits per heavy atom. The van der Waals surface area contributed by atoms with Gasteiger partial charge in [0.25, 0.3) is 0 Å². The Labute approximate surface area is 78.3 Å². The molecule has 1 heterocycles. The van der Waals surface area contributed by atoms with Gasteiger partial charge >= 0.3 is 0 Å². The number of ether oxygens (including phenoxy) is 1. The van der Waals surface area contributed by atoms with Crippen molar-refractivity contribution in [1.82, 2.24) is 0 Å². The zero-order valence-electron chi connectivity index (χ0n) is 7.71. The van der Waals surface area contributed by atoms with Crippen LogP contribution in [-0.2, 0) is 11.3 Å². The summed E-state index contributed by atoms with van der Waals surface area (Å²) < 4.78 is 5.44. The van der Waals surface area contributed by atoms with Crippen molar-refractivity contribution in [2.45, 2.75) is 13.5 Å². The molecular weight excluding hydrogens is 160 g/mol. The van der Waals surface area contributed by atoms with Crippen LogP contribution in [0.1, 0.15) is 18.1 Å². The number of fused-ring (bicyclic) bond motifs is 1. The van der Waals surface area contributed by atoms with Crippen molar-refractivity contribution < 1.29 is 4.74 Å². The maximum absolute atomic E-state index is 5.44. The first-order valence-electron chi connectivity index (χ1n) is 4.48. The van der Waals surface area contributed by atoms with Crippen molar-refractivity contribution in [2.75, 3.05) is 6.61 Å². The van der Waals surface area contributed by atoms with Gasteiger partial charge in [-0.3, -0.25) is 0 Å². The van der Waals surface area contributed by atoms with E-state index in [2.05, 4.69) is 23.9 Å². The minimum absolute atomic E-state index is 0.682. The van der Waals surface area contributed by atoms with E-state index in [9.17, 15) is 0 Å². The Balaban J connectivity index is 2.55. The lowest BCUT2D eigenvalue weighted by Gasteiger charge is -2.17. The lowest BCUT2D eigenvalue weighted by Crippen LogP contribution is -2.07. The van der Waals surface area contributed by atoms with E-state index in [1.165, 1.54) is 11.1 Å².